The summed E-state index contributed by atoms with van der Waals surface area (Å²) in [5.41, 5.74) is 10.4. The lowest BCUT2D eigenvalue weighted by molar-refractivity contribution is 0.0689. The standard InChI is InChI=1S/C20H23N3OS/c1-11-5-4-8-23(10-11)20(24)18-16(21)15-9-14-7-6-12(2)13(3)17(14)22-19(15)25-18/h6-7,9,11H,4-5,8,10,21H2,1-3H3/t11-/m0/s1. The lowest BCUT2D eigenvalue weighted by Crippen LogP contribution is -2.38. The lowest BCUT2D eigenvalue weighted by atomic mass is 10.00. The molecule has 1 aliphatic heterocycles. The first-order valence-electron chi connectivity index (χ1n) is 8.84. The second-order valence-corrected chi connectivity index (χ2v) is 8.26. The second kappa shape index (κ2) is 5.99. The van der Waals surface area contributed by atoms with E-state index < -0.39 is 0 Å². The van der Waals surface area contributed by atoms with Gasteiger partial charge >= 0.3 is 0 Å². The van der Waals surface area contributed by atoms with Crippen molar-refractivity contribution < 1.29 is 4.79 Å². The number of rotatable bonds is 1. The van der Waals surface area contributed by atoms with E-state index in [-0.39, 0.29) is 5.91 Å². The van der Waals surface area contributed by atoms with Crippen LogP contribution in [0.4, 0.5) is 5.69 Å². The minimum Gasteiger partial charge on any atom is -0.397 e. The maximum absolute atomic E-state index is 13.0. The summed E-state index contributed by atoms with van der Waals surface area (Å²) in [5.74, 6) is 0.614. The van der Waals surface area contributed by atoms with Crippen molar-refractivity contribution in [2.45, 2.75) is 33.6 Å². The highest BCUT2D eigenvalue weighted by Crippen LogP contribution is 2.36. The summed E-state index contributed by atoms with van der Waals surface area (Å²) in [7, 11) is 0. The van der Waals surface area contributed by atoms with Crippen LogP contribution in [0.25, 0.3) is 21.1 Å². The van der Waals surface area contributed by atoms with Crippen LogP contribution in [0.2, 0.25) is 0 Å². The molecular formula is C20H23N3OS. The molecule has 1 amide bonds. The normalized spacial score (nSPS) is 18.2. The number of hydrogen-bond acceptors (Lipinski definition) is 4. The van der Waals surface area contributed by atoms with E-state index in [4.69, 9.17) is 10.7 Å². The first-order valence-corrected chi connectivity index (χ1v) is 9.65. The molecule has 1 fully saturated rings. The number of thiophene rings is 1. The maximum Gasteiger partial charge on any atom is 0.266 e. The van der Waals surface area contributed by atoms with Gasteiger partial charge in [0.25, 0.3) is 5.91 Å². The van der Waals surface area contributed by atoms with Crippen molar-refractivity contribution >= 4 is 44.1 Å². The Labute approximate surface area is 151 Å². The number of nitrogens with zero attached hydrogens (tertiary/aromatic N) is 2. The highest BCUT2D eigenvalue weighted by Gasteiger charge is 2.26. The number of piperidine rings is 1. The van der Waals surface area contributed by atoms with E-state index >= 15 is 0 Å². The Bertz CT molecular complexity index is 992. The van der Waals surface area contributed by atoms with E-state index in [1.165, 1.54) is 28.9 Å². The van der Waals surface area contributed by atoms with Gasteiger partial charge in [-0.2, -0.15) is 0 Å². The van der Waals surface area contributed by atoms with Crippen molar-refractivity contribution in [2.75, 3.05) is 18.8 Å². The molecule has 1 aromatic carbocycles. The number of fused-ring (bicyclic) bond motifs is 2. The maximum atomic E-state index is 13.0. The number of benzene rings is 1. The third kappa shape index (κ3) is 2.67. The average molecular weight is 353 g/mol. The molecule has 0 unspecified atom stereocenters. The highest BCUT2D eigenvalue weighted by molar-refractivity contribution is 7.21. The molecule has 0 spiro atoms. The number of aryl methyl sites for hydroxylation is 2. The van der Waals surface area contributed by atoms with Crippen LogP contribution in [0.3, 0.4) is 0 Å². The first-order chi connectivity index (χ1) is 12.0. The van der Waals surface area contributed by atoms with Crippen LogP contribution in [0.15, 0.2) is 18.2 Å². The molecule has 5 heteroatoms. The van der Waals surface area contributed by atoms with Crippen LogP contribution >= 0.6 is 11.3 Å². The number of nitrogen functional groups attached to an aromatic ring is 1. The number of anilines is 1. The van der Waals surface area contributed by atoms with Gasteiger partial charge in [-0.25, -0.2) is 4.98 Å². The molecule has 0 bridgehead atoms. The second-order valence-electron chi connectivity index (χ2n) is 7.26. The Morgan fingerprint density at radius 3 is 2.92 bits per heavy atom. The average Bonchev–Trinajstić information content (AvgIpc) is 2.92. The molecule has 4 nitrogen and oxygen atoms in total. The van der Waals surface area contributed by atoms with E-state index in [1.54, 1.807) is 0 Å². The van der Waals surface area contributed by atoms with Gasteiger partial charge in [0.2, 0.25) is 0 Å². The van der Waals surface area contributed by atoms with Crippen LogP contribution < -0.4 is 5.73 Å². The zero-order valence-electron chi connectivity index (χ0n) is 14.9. The zero-order chi connectivity index (χ0) is 17.7. The SMILES string of the molecule is Cc1ccc2cc3c(N)c(C(=O)N4CCC[C@H](C)C4)sc3nc2c1C. The number of hydrogen-bond donors (Lipinski definition) is 1. The molecule has 2 N–H and O–H groups in total. The minimum atomic E-state index is 0.0593. The molecule has 0 aliphatic carbocycles. The lowest BCUT2D eigenvalue weighted by Gasteiger charge is -2.30. The van der Waals surface area contributed by atoms with Crippen LogP contribution in [0, 0.1) is 19.8 Å². The molecule has 0 radical (unpaired) electrons. The third-order valence-corrected chi connectivity index (χ3v) is 6.45. The number of likely N-dealkylation sites (tertiary alicyclic amines) is 1. The summed E-state index contributed by atoms with van der Waals surface area (Å²) in [5, 5.41) is 1.97. The molecule has 2 aromatic heterocycles. The van der Waals surface area contributed by atoms with Crippen molar-refractivity contribution in [1.82, 2.24) is 9.88 Å². The quantitative estimate of drug-likeness (QED) is 0.700. The molecule has 1 saturated heterocycles. The predicted octanol–water partition coefficient (Wildman–Crippen LogP) is 4.52. The monoisotopic (exact) mass is 353 g/mol. The third-order valence-electron chi connectivity index (χ3n) is 5.35. The number of aromatic nitrogens is 1. The van der Waals surface area contributed by atoms with Gasteiger partial charge in [0.1, 0.15) is 9.71 Å². The van der Waals surface area contributed by atoms with E-state index in [0.29, 0.717) is 16.5 Å². The van der Waals surface area contributed by atoms with Crippen LogP contribution in [-0.4, -0.2) is 28.9 Å². The van der Waals surface area contributed by atoms with Gasteiger partial charge in [-0.1, -0.05) is 19.1 Å². The van der Waals surface area contributed by atoms with Gasteiger partial charge in [-0.3, -0.25) is 4.79 Å². The summed E-state index contributed by atoms with van der Waals surface area (Å²) in [6.45, 7) is 8.03. The number of carbonyl (C=O) groups excluding carboxylic acids is 1. The van der Waals surface area contributed by atoms with Crippen molar-refractivity contribution in [1.29, 1.82) is 0 Å². The molecular weight excluding hydrogens is 330 g/mol. The smallest absolute Gasteiger partial charge is 0.266 e. The number of pyridine rings is 1. The van der Waals surface area contributed by atoms with Gasteiger partial charge in [0, 0.05) is 23.9 Å². The Balaban J connectivity index is 1.83. The fourth-order valence-electron chi connectivity index (χ4n) is 3.69. The topological polar surface area (TPSA) is 59.2 Å². The summed E-state index contributed by atoms with van der Waals surface area (Å²) < 4.78 is 0. The van der Waals surface area contributed by atoms with Crippen molar-refractivity contribution in [3.8, 4) is 0 Å². The van der Waals surface area contributed by atoms with Crippen LogP contribution in [-0.2, 0) is 0 Å². The Hall–Kier alpha value is -2.14. The van der Waals surface area contributed by atoms with Crippen molar-refractivity contribution in [3.63, 3.8) is 0 Å². The van der Waals surface area contributed by atoms with Gasteiger partial charge in [-0.15, -0.1) is 11.3 Å². The van der Waals surface area contributed by atoms with Crippen molar-refractivity contribution in [3.05, 3.63) is 34.2 Å². The van der Waals surface area contributed by atoms with E-state index in [0.717, 1.165) is 40.6 Å². The molecule has 0 saturated carbocycles. The van der Waals surface area contributed by atoms with Gasteiger partial charge in [-0.05, 0) is 49.8 Å². The van der Waals surface area contributed by atoms with E-state index in [2.05, 4.69) is 39.0 Å². The first kappa shape index (κ1) is 16.3. The van der Waals surface area contributed by atoms with Crippen LogP contribution in [0.5, 0.6) is 0 Å². The number of nitrogens with two attached hydrogens (primary N) is 1. The van der Waals surface area contributed by atoms with Gasteiger partial charge in [0.05, 0.1) is 11.2 Å². The molecule has 130 valence electrons. The molecule has 3 aromatic rings. The molecule has 1 aliphatic rings. The summed E-state index contributed by atoms with van der Waals surface area (Å²) >= 11 is 1.43. The molecule has 25 heavy (non-hydrogen) atoms. The summed E-state index contributed by atoms with van der Waals surface area (Å²) in [6.07, 6.45) is 2.26. The minimum absolute atomic E-state index is 0.0593. The Morgan fingerprint density at radius 2 is 2.16 bits per heavy atom. The zero-order valence-corrected chi connectivity index (χ0v) is 15.7. The number of carbonyl (C=O) groups is 1. The Morgan fingerprint density at radius 1 is 1.36 bits per heavy atom. The number of amides is 1. The van der Waals surface area contributed by atoms with Gasteiger partial charge < -0.3 is 10.6 Å². The highest BCUT2D eigenvalue weighted by atomic mass is 32.1. The van der Waals surface area contributed by atoms with Crippen molar-refractivity contribution in [2.24, 2.45) is 5.92 Å². The Kier molecular flexibility index (Phi) is 3.91. The largest absolute Gasteiger partial charge is 0.397 e. The summed E-state index contributed by atoms with van der Waals surface area (Å²) in [4.78, 5) is 21.3. The summed E-state index contributed by atoms with van der Waals surface area (Å²) in [6, 6.07) is 6.26. The fraction of sp³-hybridized carbons (Fsp3) is 0.400. The molecule has 4 rings (SSSR count). The van der Waals surface area contributed by atoms with Crippen LogP contribution in [0.1, 0.15) is 40.6 Å². The molecule has 3 heterocycles. The van der Waals surface area contributed by atoms with E-state index in [9.17, 15) is 4.79 Å². The van der Waals surface area contributed by atoms with E-state index in [1.807, 2.05) is 4.90 Å². The fourth-order valence-corrected chi connectivity index (χ4v) is 4.73. The predicted molar refractivity (Wildman–Crippen MR) is 105 cm³/mol. The molecule has 1 atom stereocenters. The van der Waals surface area contributed by atoms with Gasteiger partial charge in [0.15, 0.2) is 0 Å².